The van der Waals surface area contributed by atoms with Crippen LogP contribution in [0.4, 0.5) is 0 Å². The lowest BCUT2D eigenvalue weighted by atomic mass is 10.0. The largest absolute Gasteiger partial charge is 0.385 e. The van der Waals surface area contributed by atoms with Crippen molar-refractivity contribution < 1.29 is 4.74 Å². The van der Waals surface area contributed by atoms with Crippen LogP contribution >= 0.6 is 0 Å². The van der Waals surface area contributed by atoms with E-state index in [1.165, 1.54) is 38.9 Å². The molecular formula is C13H28N2O. The molecule has 0 aliphatic carbocycles. The van der Waals surface area contributed by atoms with Crippen molar-refractivity contribution in [3.05, 3.63) is 0 Å². The Bertz CT molecular complexity index is 165. The predicted molar refractivity (Wildman–Crippen MR) is 68.8 cm³/mol. The molecule has 96 valence electrons. The molecule has 1 aliphatic rings. The Morgan fingerprint density at radius 3 is 2.56 bits per heavy atom. The molecule has 1 saturated heterocycles. The van der Waals surface area contributed by atoms with Gasteiger partial charge in [-0.2, -0.15) is 0 Å². The van der Waals surface area contributed by atoms with E-state index >= 15 is 0 Å². The molecule has 1 N–H and O–H groups in total. The monoisotopic (exact) mass is 228 g/mol. The molecule has 0 aromatic carbocycles. The predicted octanol–water partition coefficient (Wildman–Crippen LogP) is 1.73. The van der Waals surface area contributed by atoms with Gasteiger partial charge in [-0.05, 0) is 44.8 Å². The Hall–Kier alpha value is -0.120. The molecule has 3 nitrogen and oxygen atoms in total. The summed E-state index contributed by atoms with van der Waals surface area (Å²) in [4.78, 5) is 2.56. The number of nitrogens with one attached hydrogen (secondary N) is 1. The molecule has 1 aliphatic heterocycles. The van der Waals surface area contributed by atoms with Gasteiger partial charge < -0.3 is 15.0 Å². The van der Waals surface area contributed by atoms with Gasteiger partial charge in [0, 0.05) is 26.3 Å². The number of ether oxygens (including phenoxy) is 1. The lowest BCUT2D eigenvalue weighted by Gasteiger charge is -2.32. The fourth-order valence-corrected chi connectivity index (χ4v) is 2.20. The highest BCUT2D eigenvalue weighted by molar-refractivity contribution is 4.77. The van der Waals surface area contributed by atoms with Crippen LogP contribution in [0.25, 0.3) is 0 Å². The third kappa shape index (κ3) is 5.83. The first-order valence-corrected chi connectivity index (χ1v) is 6.67. The molecule has 0 aromatic heterocycles. The minimum atomic E-state index is 0.751. The van der Waals surface area contributed by atoms with Gasteiger partial charge in [0.1, 0.15) is 0 Å². The van der Waals surface area contributed by atoms with Crippen LogP contribution in [0.5, 0.6) is 0 Å². The topological polar surface area (TPSA) is 24.5 Å². The zero-order chi connectivity index (χ0) is 11.8. The van der Waals surface area contributed by atoms with E-state index in [0.717, 1.165) is 25.1 Å². The molecule has 0 saturated carbocycles. The SMILES string of the molecule is COCCCN1CCC(NCC(C)C)CC1. The summed E-state index contributed by atoms with van der Waals surface area (Å²) in [5.41, 5.74) is 0. The van der Waals surface area contributed by atoms with Crippen molar-refractivity contribution in [3.63, 3.8) is 0 Å². The number of nitrogens with zero attached hydrogens (tertiary/aromatic N) is 1. The number of piperidine rings is 1. The van der Waals surface area contributed by atoms with E-state index in [0.29, 0.717) is 0 Å². The summed E-state index contributed by atoms with van der Waals surface area (Å²) in [7, 11) is 1.78. The second-order valence-corrected chi connectivity index (χ2v) is 5.26. The summed E-state index contributed by atoms with van der Waals surface area (Å²) < 4.78 is 5.08. The van der Waals surface area contributed by atoms with E-state index in [4.69, 9.17) is 4.74 Å². The standard InChI is InChI=1S/C13H28N2O/c1-12(2)11-14-13-5-8-15(9-6-13)7-4-10-16-3/h12-14H,4-11H2,1-3H3. The average molecular weight is 228 g/mol. The van der Waals surface area contributed by atoms with Crippen LogP contribution in [0.15, 0.2) is 0 Å². The maximum Gasteiger partial charge on any atom is 0.0474 e. The van der Waals surface area contributed by atoms with Crippen LogP contribution in [0, 0.1) is 5.92 Å². The van der Waals surface area contributed by atoms with Gasteiger partial charge in [-0.3, -0.25) is 0 Å². The van der Waals surface area contributed by atoms with Crippen molar-refractivity contribution in [2.75, 3.05) is 39.9 Å². The quantitative estimate of drug-likeness (QED) is 0.672. The number of rotatable bonds is 7. The maximum absolute atomic E-state index is 5.08. The van der Waals surface area contributed by atoms with Crippen LogP contribution in [0.1, 0.15) is 33.1 Å². The maximum atomic E-state index is 5.08. The van der Waals surface area contributed by atoms with Crippen molar-refractivity contribution in [1.29, 1.82) is 0 Å². The van der Waals surface area contributed by atoms with E-state index in [2.05, 4.69) is 24.1 Å². The first kappa shape index (κ1) is 13.9. The van der Waals surface area contributed by atoms with Gasteiger partial charge >= 0.3 is 0 Å². The Morgan fingerprint density at radius 2 is 2.00 bits per heavy atom. The van der Waals surface area contributed by atoms with E-state index in [1.54, 1.807) is 7.11 Å². The molecule has 0 bridgehead atoms. The molecule has 0 atom stereocenters. The summed E-state index contributed by atoms with van der Waals surface area (Å²) in [6, 6.07) is 0.751. The number of likely N-dealkylation sites (tertiary alicyclic amines) is 1. The third-order valence-electron chi connectivity index (χ3n) is 3.23. The van der Waals surface area contributed by atoms with Crippen LogP contribution in [0.2, 0.25) is 0 Å². The van der Waals surface area contributed by atoms with Crippen molar-refractivity contribution in [1.82, 2.24) is 10.2 Å². The van der Waals surface area contributed by atoms with Gasteiger partial charge in [-0.15, -0.1) is 0 Å². The van der Waals surface area contributed by atoms with Crippen LogP contribution < -0.4 is 5.32 Å². The zero-order valence-corrected chi connectivity index (χ0v) is 11.2. The van der Waals surface area contributed by atoms with E-state index in [9.17, 15) is 0 Å². The van der Waals surface area contributed by atoms with Crippen LogP contribution in [0.3, 0.4) is 0 Å². The fourth-order valence-electron chi connectivity index (χ4n) is 2.20. The first-order valence-electron chi connectivity index (χ1n) is 6.67. The van der Waals surface area contributed by atoms with Gasteiger partial charge in [0.15, 0.2) is 0 Å². The zero-order valence-electron chi connectivity index (χ0n) is 11.2. The molecule has 0 radical (unpaired) electrons. The molecule has 0 unspecified atom stereocenters. The van der Waals surface area contributed by atoms with E-state index in [-0.39, 0.29) is 0 Å². The minimum absolute atomic E-state index is 0.751. The summed E-state index contributed by atoms with van der Waals surface area (Å²) in [5.74, 6) is 0.764. The first-order chi connectivity index (χ1) is 7.72. The van der Waals surface area contributed by atoms with Crippen molar-refractivity contribution in [3.8, 4) is 0 Å². The van der Waals surface area contributed by atoms with Crippen molar-refractivity contribution in [2.45, 2.75) is 39.2 Å². The molecule has 16 heavy (non-hydrogen) atoms. The van der Waals surface area contributed by atoms with Gasteiger partial charge in [0.2, 0.25) is 0 Å². The fraction of sp³-hybridized carbons (Fsp3) is 1.00. The molecule has 0 spiro atoms. The molecule has 1 heterocycles. The minimum Gasteiger partial charge on any atom is -0.385 e. The number of hydrogen-bond donors (Lipinski definition) is 1. The van der Waals surface area contributed by atoms with E-state index < -0.39 is 0 Å². The lowest BCUT2D eigenvalue weighted by Crippen LogP contribution is -2.43. The highest BCUT2D eigenvalue weighted by Crippen LogP contribution is 2.10. The van der Waals surface area contributed by atoms with Crippen molar-refractivity contribution in [2.24, 2.45) is 5.92 Å². The number of methoxy groups -OCH3 is 1. The molecule has 0 amide bonds. The summed E-state index contributed by atoms with van der Waals surface area (Å²) in [5, 5.41) is 3.66. The Balaban J connectivity index is 2.04. The molecular weight excluding hydrogens is 200 g/mol. The summed E-state index contributed by atoms with van der Waals surface area (Å²) in [6.07, 6.45) is 3.78. The van der Waals surface area contributed by atoms with Crippen molar-refractivity contribution >= 4 is 0 Å². The smallest absolute Gasteiger partial charge is 0.0474 e. The average Bonchev–Trinajstić information content (AvgIpc) is 2.28. The Labute approximate surface area is 101 Å². The summed E-state index contributed by atoms with van der Waals surface area (Å²) >= 11 is 0. The van der Waals surface area contributed by atoms with Gasteiger partial charge in [0.25, 0.3) is 0 Å². The Kier molecular flexibility index (Phi) is 7.01. The molecule has 3 heteroatoms. The second kappa shape index (κ2) is 8.04. The van der Waals surface area contributed by atoms with Gasteiger partial charge in [-0.1, -0.05) is 13.8 Å². The highest BCUT2D eigenvalue weighted by Gasteiger charge is 2.18. The van der Waals surface area contributed by atoms with Crippen LogP contribution in [-0.4, -0.2) is 50.8 Å². The second-order valence-electron chi connectivity index (χ2n) is 5.26. The third-order valence-corrected chi connectivity index (χ3v) is 3.23. The molecule has 1 rings (SSSR count). The molecule has 0 aromatic rings. The summed E-state index contributed by atoms with van der Waals surface area (Å²) in [6.45, 7) is 10.3. The van der Waals surface area contributed by atoms with E-state index in [1.807, 2.05) is 0 Å². The lowest BCUT2D eigenvalue weighted by molar-refractivity contribution is 0.152. The number of hydrogen-bond acceptors (Lipinski definition) is 3. The van der Waals surface area contributed by atoms with Crippen LogP contribution in [-0.2, 0) is 4.74 Å². The van der Waals surface area contributed by atoms with Gasteiger partial charge in [-0.25, -0.2) is 0 Å². The Morgan fingerprint density at radius 1 is 1.31 bits per heavy atom. The molecule has 1 fully saturated rings. The van der Waals surface area contributed by atoms with Gasteiger partial charge in [0.05, 0.1) is 0 Å². The highest BCUT2D eigenvalue weighted by atomic mass is 16.5. The normalized spacial score (nSPS) is 19.5.